The average molecular weight is 342 g/mol. The highest BCUT2D eigenvalue weighted by Gasteiger charge is 2.50. The Bertz CT molecular complexity index is 378. The third-order valence-electron chi connectivity index (χ3n) is 3.98. The monoisotopic (exact) mass is 342 g/mol. The van der Waals surface area contributed by atoms with E-state index < -0.39 is 74.6 Å². The van der Waals surface area contributed by atoms with Crippen LogP contribution in [-0.2, 0) is 14.2 Å². The van der Waals surface area contributed by atoms with Gasteiger partial charge in [0.1, 0.15) is 48.8 Å². The largest absolute Gasteiger partial charge is 0.394 e. The summed E-state index contributed by atoms with van der Waals surface area (Å²) in [7, 11) is 0. The highest BCUT2D eigenvalue weighted by molar-refractivity contribution is 4.93. The molecule has 0 amide bonds. The van der Waals surface area contributed by atoms with Crippen LogP contribution in [0.1, 0.15) is 0 Å². The Hall–Kier alpha value is -0.440. The lowest BCUT2D eigenvalue weighted by Gasteiger charge is -2.45. The molecular weight excluding hydrogens is 320 g/mol. The molecule has 0 radical (unpaired) electrons. The van der Waals surface area contributed by atoms with Gasteiger partial charge in [0.15, 0.2) is 12.6 Å². The number of hydrogen-bond acceptors (Lipinski definition) is 11. The Morgan fingerprint density at radius 1 is 0.652 bits per heavy atom. The molecule has 23 heavy (non-hydrogen) atoms. The Balaban J connectivity index is 2.11. The second-order valence-corrected chi connectivity index (χ2v) is 5.53. The minimum absolute atomic E-state index is 0.667. The zero-order chi connectivity index (χ0) is 17.3. The predicted molar refractivity (Wildman–Crippen MR) is 68.6 cm³/mol. The van der Waals surface area contributed by atoms with Gasteiger partial charge < -0.3 is 55.1 Å². The molecule has 2 aliphatic rings. The topological polar surface area (TPSA) is 190 Å². The number of ether oxygens (including phenoxy) is 3. The summed E-state index contributed by atoms with van der Waals surface area (Å²) >= 11 is 0. The molecule has 0 spiro atoms. The van der Waals surface area contributed by atoms with E-state index in [1.54, 1.807) is 0 Å². The van der Waals surface area contributed by atoms with Crippen LogP contribution in [0.5, 0.6) is 0 Å². The van der Waals surface area contributed by atoms with Crippen molar-refractivity contribution in [1.29, 1.82) is 0 Å². The Kier molecular flexibility index (Phi) is 6.27. The second-order valence-electron chi connectivity index (χ2n) is 5.53. The SMILES string of the molecule is OC[C@@H]1O[C@@H](O)[C@@H](O)[C@H](O)[C@@H]1O[C@@H]1O[C@H](CO)[C@@H](O)[C@H](O)[C@@H]1O. The van der Waals surface area contributed by atoms with Crippen molar-refractivity contribution in [3.63, 3.8) is 0 Å². The zero-order valence-electron chi connectivity index (χ0n) is 12.0. The molecule has 8 N–H and O–H groups in total. The fourth-order valence-corrected chi connectivity index (χ4v) is 2.57. The van der Waals surface area contributed by atoms with E-state index in [0.29, 0.717) is 0 Å². The van der Waals surface area contributed by atoms with Gasteiger partial charge in [-0.3, -0.25) is 0 Å². The molecule has 2 rings (SSSR count). The van der Waals surface area contributed by atoms with Crippen LogP contribution in [-0.4, -0.2) is 115 Å². The van der Waals surface area contributed by atoms with Crippen molar-refractivity contribution >= 4 is 0 Å². The van der Waals surface area contributed by atoms with E-state index >= 15 is 0 Å². The van der Waals surface area contributed by atoms with E-state index in [1.165, 1.54) is 0 Å². The fourth-order valence-electron chi connectivity index (χ4n) is 2.57. The fraction of sp³-hybridized carbons (Fsp3) is 1.00. The van der Waals surface area contributed by atoms with Crippen LogP contribution in [0.25, 0.3) is 0 Å². The van der Waals surface area contributed by atoms with Crippen molar-refractivity contribution in [2.75, 3.05) is 13.2 Å². The van der Waals surface area contributed by atoms with Crippen LogP contribution in [0.15, 0.2) is 0 Å². The first kappa shape index (κ1) is 18.9. The van der Waals surface area contributed by atoms with Gasteiger partial charge in [0.2, 0.25) is 0 Å². The molecule has 11 nitrogen and oxygen atoms in total. The van der Waals surface area contributed by atoms with Crippen LogP contribution in [0, 0.1) is 0 Å². The molecule has 0 saturated carbocycles. The Morgan fingerprint density at radius 2 is 1.26 bits per heavy atom. The molecule has 2 fully saturated rings. The van der Waals surface area contributed by atoms with Crippen LogP contribution < -0.4 is 0 Å². The van der Waals surface area contributed by atoms with E-state index in [2.05, 4.69) is 0 Å². The number of rotatable bonds is 4. The first-order valence-electron chi connectivity index (χ1n) is 7.08. The lowest BCUT2D eigenvalue weighted by atomic mass is 9.97. The molecule has 0 aromatic rings. The minimum Gasteiger partial charge on any atom is -0.394 e. The molecule has 0 aliphatic carbocycles. The van der Waals surface area contributed by atoms with E-state index in [1.807, 2.05) is 0 Å². The molecule has 2 aliphatic heterocycles. The molecule has 10 atom stereocenters. The van der Waals surface area contributed by atoms with E-state index in [0.717, 1.165) is 0 Å². The second kappa shape index (κ2) is 7.63. The summed E-state index contributed by atoms with van der Waals surface area (Å²) in [5, 5.41) is 76.5. The van der Waals surface area contributed by atoms with Crippen LogP contribution in [0.4, 0.5) is 0 Å². The maximum atomic E-state index is 9.94. The van der Waals surface area contributed by atoms with Gasteiger partial charge in [-0.2, -0.15) is 0 Å². The van der Waals surface area contributed by atoms with Crippen molar-refractivity contribution < 1.29 is 55.1 Å². The van der Waals surface area contributed by atoms with E-state index in [4.69, 9.17) is 19.3 Å². The molecule has 2 heterocycles. The molecule has 11 heteroatoms. The van der Waals surface area contributed by atoms with Crippen LogP contribution in [0.3, 0.4) is 0 Å². The van der Waals surface area contributed by atoms with Crippen molar-refractivity contribution in [2.24, 2.45) is 0 Å². The lowest BCUT2D eigenvalue weighted by molar-refractivity contribution is -0.355. The first-order chi connectivity index (χ1) is 10.8. The van der Waals surface area contributed by atoms with Crippen molar-refractivity contribution in [1.82, 2.24) is 0 Å². The van der Waals surface area contributed by atoms with E-state index in [-0.39, 0.29) is 0 Å². The summed E-state index contributed by atoms with van der Waals surface area (Å²) in [6.07, 6.45) is -15.6. The lowest BCUT2D eigenvalue weighted by Crippen LogP contribution is -2.64. The van der Waals surface area contributed by atoms with Crippen LogP contribution >= 0.6 is 0 Å². The minimum atomic E-state index is -1.74. The third kappa shape index (κ3) is 3.65. The number of aliphatic hydroxyl groups is 8. The molecule has 0 aromatic heterocycles. The summed E-state index contributed by atoms with van der Waals surface area (Å²) < 4.78 is 15.3. The van der Waals surface area contributed by atoms with Gasteiger partial charge in [-0.25, -0.2) is 0 Å². The average Bonchev–Trinajstić information content (AvgIpc) is 2.55. The standard InChI is InChI=1S/C12H22O11/c13-1-3-5(15)6(16)9(19)12(22-3)23-10-4(2-14)21-11(20)8(18)7(10)17/h3-20H,1-2H2/t3-,4+,5-,6+,7+,8+,9+,10-,11-,12+/m1/s1. The summed E-state index contributed by atoms with van der Waals surface area (Å²) in [6, 6.07) is 0. The van der Waals surface area contributed by atoms with Crippen molar-refractivity contribution in [3.8, 4) is 0 Å². The van der Waals surface area contributed by atoms with Gasteiger partial charge in [-0.05, 0) is 0 Å². The normalized spacial score (nSPS) is 51.7. The molecule has 0 bridgehead atoms. The van der Waals surface area contributed by atoms with Gasteiger partial charge in [0, 0.05) is 0 Å². The maximum Gasteiger partial charge on any atom is 0.187 e. The van der Waals surface area contributed by atoms with Crippen molar-refractivity contribution in [2.45, 2.75) is 61.4 Å². The molecule has 0 unspecified atom stereocenters. The molecule has 2 saturated heterocycles. The predicted octanol–water partition coefficient (Wildman–Crippen LogP) is -5.40. The van der Waals surface area contributed by atoms with Gasteiger partial charge in [-0.15, -0.1) is 0 Å². The number of hydrogen-bond donors (Lipinski definition) is 8. The Morgan fingerprint density at radius 3 is 1.83 bits per heavy atom. The third-order valence-corrected chi connectivity index (χ3v) is 3.98. The first-order valence-corrected chi connectivity index (χ1v) is 7.08. The highest BCUT2D eigenvalue weighted by atomic mass is 16.7. The van der Waals surface area contributed by atoms with E-state index in [9.17, 15) is 35.7 Å². The van der Waals surface area contributed by atoms with Crippen LogP contribution in [0.2, 0.25) is 0 Å². The van der Waals surface area contributed by atoms with Gasteiger partial charge in [-0.1, -0.05) is 0 Å². The molecule has 0 aromatic carbocycles. The van der Waals surface area contributed by atoms with Gasteiger partial charge in [0.05, 0.1) is 13.2 Å². The Labute approximate surface area is 130 Å². The number of aliphatic hydroxyl groups excluding tert-OH is 8. The zero-order valence-corrected chi connectivity index (χ0v) is 12.0. The highest BCUT2D eigenvalue weighted by Crippen LogP contribution is 2.28. The molecule has 136 valence electrons. The smallest absolute Gasteiger partial charge is 0.187 e. The van der Waals surface area contributed by atoms with Crippen molar-refractivity contribution in [3.05, 3.63) is 0 Å². The van der Waals surface area contributed by atoms with Gasteiger partial charge >= 0.3 is 0 Å². The summed E-state index contributed by atoms with van der Waals surface area (Å²) in [5.41, 5.74) is 0. The summed E-state index contributed by atoms with van der Waals surface area (Å²) in [5.74, 6) is 0. The quantitative estimate of drug-likeness (QED) is 0.243. The maximum absolute atomic E-state index is 9.94. The molecular formula is C12H22O11. The summed E-state index contributed by atoms with van der Waals surface area (Å²) in [4.78, 5) is 0. The summed E-state index contributed by atoms with van der Waals surface area (Å²) in [6.45, 7) is -1.35. The van der Waals surface area contributed by atoms with Gasteiger partial charge in [0.25, 0.3) is 0 Å².